The van der Waals surface area contributed by atoms with Crippen LogP contribution in [-0.4, -0.2) is 56.6 Å². The van der Waals surface area contributed by atoms with Gasteiger partial charge in [-0.05, 0) is 49.9 Å². The summed E-state index contributed by atoms with van der Waals surface area (Å²) >= 11 is 0. The van der Waals surface area contributed by atoms with E-state index >= 15 is 0 Å². The lowest BCUT2D eigenvalue weighted by atomic mass is 9.91. The number of unbranched alkanes of at least 4 members (excludes halogenated alkanes) is 3. The normalized spacial score (nSPS) is 14.2. The first-order chi connectivity index (χ1) is 16.1. The van der Waals surface area contributed by atoms with Crippen LogP contribution in [0.1, 0.15) is 62.6 Å². The Morgan fingerprint density at radius 1 is 1.15 bits per heavy atom. The molecule has 10 nitrogen and oxygen atoms in total. The Morgan fingerprint density at radius 3 is 2.64 bits per heavy atom. The van der Waals surface area contributed by atoms with Crippen molar-refractivity contribution in [3.8, 4) is 5.75 Å². The summed E-state index contributed by atoms with van der Waals surface area (Å²) in [5.74, 6) is 1.70. The average Bonchev–Trinajstić information content (AvgIpc) is 3.23. The standard InChI is InChI=1S/C17H22N8O.C6H14O/c1-26-14-6-11(10-2-4-20-5-3-10)7-21-13(14)9-25-15-12(8-22-25)23-17(19)24-16(15)18;1-2-3-4-5-6-7/h6-8,10,20H,2-5,9H2,1H3,(H4,18,19,23,24);7H,2-6H2,1H3. The van der Waals surface area contributed by atoms with Crippen LogP contribution in [0.4, 0.5) is 11.8 Å². The number of ether oxygens (including phenoxy) is 1. The van der Waals surface area contributed by atoms with Gasteiger partial charge in [0.25, 0.3) is 0 Å². The fraction of sp³-hybridized carbons (Fsp3) is 0.565. The number of piperidine rings is 1. The van der Waals surface area contributed by atoms with Crippen LogP contribution < -0.4 is 21.5 Å². The van der Waals surface area contributed by atoms with Crippen molar-refractivity contribution in [2.75, 3.05) is 38.3 Å². The number of rotatable bonds is 8. The van der Waals surface area contributed by atoms with Gasteiger partial charge in [0.1, 0.15) is 22.5 Å². The molecule has 0 amide bonds. The third-order valence-electron chi connectivity index (χ3n) is 5.83. The maximum Gasteiger partial charge on any atom is 0.222 e. The monoisotopic (exact) mass is 456 g/mol. The number of aromatic nitrogens is 5. The quantitative estimate of drug-likeness (QED) is 0.375. The minimum absolute atomic E-state index is 0.136. The molecule has 4 heterocycles. The number of nitrogens with zero attached hydrogens (tertiary/aromatic N) is 5. The summed E-state index contributed by atoms with van der Waals surface area (Å²) in [6, 6.07) is 2.09. The first-order valence-electron chi connectivity index (χ1n) is 11.7. The fourth-order valence-electron chi connectivity index (χ4n) is 4.01. The van der Waals surface area contributed by atoms with E-state index in [0.717, 1.165) is 43.8 Å². The molecule has 4 rings (SSSR count). The van der Waals surface area contributed by atoms with Crippen LogP contribution in [0.5, 0.6) is 5.75 Å². The van der Waals surface area contributed by atoms with E-state index in [1.54, 1.807) is 18.0 Å². The minimum atomic E-state index is 0.136. The molecule has 0 bridgehead atoms. The molecule has 3 aromatic rings. The molecule has 10 heteroatoms. The number of aliphatic hydroxyl groups excluding tert-OH is 1. The molecular weight excluding hydrogens is 420 g/mol. The van der Waals surface area contributed by atoms with Gasteiger partial charge in [0.15, 0.2) is 5.82 Å². The number of nitrogen functional groups attached to an aromatic ring is 2. The molecule has 1 aliphatic heterocycles. The average molecular weight is 457 g/mol. The van der Waals surface area contributed by atoms with Gasteiger partial charge in [0, 0.05) is 12.8 Å². The van der Waals surface area contributed by atoms with Crippen LogP contribution in [0.3, 0.4) is 0 Å². The molecule has 0 aromatic carbocycles. The summed E-state index contributed by atoms with van der Waals surface area (Å²) in [5.41, 5.74) is 14.9. The van der Waals surface area contributed by atoms with E-state index in [1.165, 1.54) is 24.8 Å². The van der Waals surface area contributed by atoms with Gasteiger partial charge in [-0.1, -0.05) is 26.2 Å². The predicted molar refractivity (Wildman–Crippen MR) is 130 cm³/mol. The van der Waals surface area contributed by atoms with Gasteiger partial charge in [0.2, 0.25) is 5.95 Å². The van der Waals surface area contributed by atoms with Crippen LogP contribution in [0, 0.1) is 0 Å². The van der Waals surface area contributed by atoms with Crippen LogP contribution in [-0.2, 0) is 6.54 Å². The van der Waals surface area contributed by atoms with Gasteiger partial charge in [-0.3, -0.25) is 9.67 Å². The maximum atomic E-state index is 8.29. The summed E-state index contributed by atoms with van der Waals surface area (Å²) in [5, 5.41) is 16.0. The third kappa shape index (κ3) is 6.52. The Kier molecular flexibility index (Phi) is 9.20. The fourth-order valence-corrected chi connectivity index (χ4v) is 4.01. The Morgan fingerprint density at radius 2 is 1.94 bits per heavy atom. The van der Waals surface area contributed by atoms with Crippen molar-refractivity contribution >= 4 is 22.8 Å². The summed E-state index contributed by atoms with van der Waals surface area (Å²) in [4.78, 5) is 12.8. The van der Waals surface area contributed by atoms with Gasteiger partial charge < -0.3 is 26.6 Å². The van der Waals surface area contributed by atoms with Crippen LogP contribution in [0.15, 0.2) is 18.5 Å². The molecule has 0 spiro atoms. The molecule has 1 fully saturated rings. The first-order valence-corrected chi connectivity index (χ1v) is 11.7. The maximum absolute atomic E-state index is 8.29. The largest absolute Gasteiger partial charge is 0.495 e. The second-order valence-electron chi connectivity index (χ2n) is 8.23. The number of nitrogens with one attached hydrogen (secondary N) is 1. The topological polar surface area (TPSA) is 150 Å². The van der Waals surface area contributed by atoms with Crippen molar-refractivity contribution in [3.63, 3.8) is 0 Å². The number of pyridine rings is 1. The van der Waals surface area contributed by atoms with Crippen LogP contribution >= 0.6 is 0 Å². The van der Waals surface area contributed by atoms with E-state index in [2.05, 4.69) is 38.4 Å². The molecule has 1 saturated heterocycles. The zero-order valence-electron chi connectivity index (χ0n) is 19.6. The lowest BCUT2D eigenvalue weighted by Crippen LogP contribution is -2.26. The van der Waals surface area contributed by atoms with Crippen molar-refractivity contribution in [1.29, 1.82) is 0 Å². The molecule has 0 aliphatic carbocycles. The van der Waals surface area contributed by atoms with E-state index < -0.39 is 0 Å². The SMILES string of the molecule is CCCCCCO.COc1cc(C2CCNCC2)cnc1Cn1ncc2nc(N)nc(N)c21. The van der Waals surface area contributed by atoms with Crippen LogP contribution in [0.2, 0.25) is 0 Å². The zero-order chi connectivity index (χ0) is 23.6. The smallest absolute Gasteiger partial charge is 0.222 e. The highest BCUT2D eigenvalue weighted by Crippen LogP contribution is 2.29. The third-order valence-corrected chi connectivity index (χ3v) is 5.83. The number of methoxy groups -OCH3 is 1. The van der Waals surface area contributed by atoms with Gasteiger partial charge in [-0.2, -0.15) is 10.1 Å². The van der Waals surface area contributed by atoms with E-state index in [1.807, 2.05) is 6.20 Å². The predicted octanol–water partition coefficient (Wildman–Crippen LogP) is 2.47. The number of nitrogens with two attached hydrogens (primary N) is 2. The molecule has 33 heavy (non-hydrogen) atoms. The minimum Gasteiger partial charge on any atom is -0.495 e. The second-order valence-corrected chi connectivity index (χ2v) is 8.23. The molecule has 0 unspecified atom stereocenters. The van der Waals surface area contributed by atoms with Crippen molar-refractivity contribution in [3.05, 3.63) is 29.7 Å². The first kappa shape index (κ1) is 24.7. The molecule has 6 N–H and O–H groups in total. The van der Waals surface area contributed by atoms with Crippen molar-refractivity contribution in [1.82, 2.24) is 30.0 Å². The summed E-state index contributed by atoms with van der Waals surface area (Å²) in [6.07, 6.45) is 10.5. The van der Waals surface area contributed by atoms with Gasteiger partial charge in [-0.15, -0.1) is 0 Å². The Balaban J connectivity index is 0.000000383. The second kappa shape index (κ2) is 12.3. The number of hydrogen-bond donors (Lipinski definition) is 4. The number of fused-ring (bicyclic) bond motifs is 1. The lowest BCUT2D eigenvalue weighted by molar-refractivity contribution is 0.283. The van der Waals surface area contributed by atoms with E-state index in [0.29, 0.717) is 35.9 Å². The van der Waals surface area contributed by atoms with Crippen molar-refractivity contribution < 1.29 is 9.84 Å². The molecule has 0 atom stereocenters. The van der Waals surface area contributed by atoms with Gasteiger partial charge in [-0.25, -0.2) is 4.98 Å². The Hall–Kier alpha value is -2.98. The Bertz CT molecular complexity index is 1010. The van der Waals surface area contributed by atoms with E-state index in [9.17, 15) is 0 Å². The number of anilines is 2. The highest BCUT2D eigenvalue weighted by molar-refractivity contribution is 5.85. The summed E-state index contributed by atoms with van der Waals surface area (Å²) in [7, 11) is 1.66. The van der Waals surface area contributed by atoms with E-state index in [4.69, 9.17) is 21.3 Å². The molecule has 0 radical (unpaired) electrons. The highest BCUT2D eigenvalue weighted by atomic mass is 16.5. The summed E-state index contributed by atoms with van der Waals surface area (Å²) in [6.45, 7) is 5.01. The molecule has 1 aliphatic rings. The molecule has 180 valence electrons. The van der Waals surface area contributed by atoms with Gasteiger partial charge in [0.05, 0.1) is 19.9 Å². The van der Waals surface area contributed by atoms with Crippen molar-refractivity contribution in [2.24, 2.45) is 0 Å². The molecule has 3 aromatic heterocycles. The number of hydrogen-bond acceptors (Lipinski definition) is 9. The van der Waals surface area contributed by atoms with E-state index in [-0.39, 0.29) is 5.95 Å². The zero-order valence-corrected chi connectivity index (χ0v) is 19.6. The molecule has 0 saturated carbocycles. The lowest BCUT2D eigenvalue weighted by Gasteiger charge is -2.23. The Labute approximate surface area is 194 Å². The van der Waals surface area contributed by atoms with Gasteiger partial charge >= 0.3 is 0 Å². The van der Waals surface area contributed by atoms with Crippen LogP contribution in [0.25, 0.3) is 11.0 Å². The van der Waals surface area contributed by atoms with Crippen molar-refractivity contribution in [2.45, 2.75) is 57.9 Å². The summed E-state index contributed by atoms with van der Waals surface area (Å²) < 4.78 is 7.31. The number of aliphatic hydroxyl groups is 1. The highest BCUT2D eigenvalue weighted by Gasteiger charge is 2.19. The molecular formula is C23H36N8O2.